The van der Waals surface area contributed by atoms with Gasteiger partial charge in [0.05, 0.1) is 13.1 Å². The number of hydrogen-bond acceptors (Lipinski definition) is 5. The number of halogens is 2. The number of nitrogens with one attached hydrogen (secondary N) is 1. The monoisotopic (exact) mass is 486 g/mol. The highest BCUT2D eigenvalue weighted by Gasteiger charge is 2.18. The van der Waals surface area contributed by atoms with Crippen molar-refractivity contribution in [3.8, 4) is 5.75 Å². The maximum atomic E-state index is 13.4. The van der Waals surface area contributed by atoms with Crippen LogP contribution in [0, 0.1) is 0 Å². The van der Waals surface area contributed by atoms with Gasteiger partial charge < -0.3 is 14.8 Å². The molecule has 2 aromatic carbocycles. The molecule has 0 atom stereocenters. The van der Waals surface area contributed by atoms with Crippen LogP contribution < -0.4 is 15.7 Å². The van der Waals surface area contributed by atoms with Crippen LogP contribution in [0.1, 0.15) is 31.9 Å². The Balaban J connectivity index is 1.58. The first kappa shape index (κ1) is 25.7. The fraction of sp³-hybridized carbons (Fsp3) is 0.320. The van der Waals surface area contributed by atoms with Crippen molar-refractivity contribution < 1.29 is 23.0 Å². The Morgan fingerprint density at radius 3 is 2.34 bits per heavy atom. The molecule has 186 valence electrons. The van der Waals surface area contributed by atoms with Crippen LogP contribution in [0.25, 0.3) is 0 Å². The molecule has 1 heterocycles. The molecule has 0 saturated carbocycles. The van der Waals surface area contributed by atoms with Gasteiger partial charge in [0, 0.05) is 12.1 Å². The highest BCUT2D eigenvalue weighted by Crippen LogP contribution is 2.15. The second kappa shape index (κ2) is 11.5. The Kier molecular flexibility index (Phi) is 8.40. The van der Waals surface area contributed by atoms with E-state index in [2.05, 4.69) is 10.4 Å². The largest absolute Gasteiger partial charge is 0.489 e. The van der Waals surface area contributed by atoms with Crippen molar-refractivity contribution in [2.45, 2.75) is 46.1 Å². The van der Waals surface area contributed by atoms with Gasteiger partial charge in [-0.1, -0.05) is 42.5 Å². The molecular weight excluding hydrogens is 458 g/mol. The van der Waals surface area contributed by atoms with Gasteiger partial charge in [-0.15, -0.1) is 0 Å². The van der Waals surface area contributed by atoms with E-state index < -0.39 is 42.1 Å². The molecule has 0 bridgehead atoms. The average molecular weight is 487 g/mol. The number of nitrogens with zero attached hydrogens (tertiary/aromatic N) is 3. The molecule has 3 aromatic rings. The molecule has 8 nitrogen and oxygen atoms in total. The second-order valence-corrected chi connectivity index (χ2v) is 8.84. The van der Waals surface area contributed by atoms with E-state index in [0.717, 1.165) is 15.8 Å². The molecule has 0 spiro atoms. The lowest BCUT2D eigenvalue weighted by Crippen LogP contribution is -2.35. The number of hydrogen-bond donors (Lipinski definition) is 1. The van der Waals surface area contributed by atoms with Crippen molar-refractivity contribution in [1.29, 1.82) is 0 Å². The molecule has 1 N–H and O–H groups in total. The van der Waals surface area contributed by atoms with E-state index in [1.54, 1.807) is 32.9 Å². The summed E-state index contributed by atoms with van der Waals surface area (Å²) < 4.78 is 39.8. The summed E-state index contributed by atoms with van der Waals surface area (Å²) in [5, 5.41) is 6.20. The van der Waals surface area contributed by atoms with Gasteiger partial charge in [0.15, 0.2) is 0 Å². The van der Waals surface area contributed by atoms with E-state index in [9.17, 15) is 18.4 Å². The Hall–Kier alpha value is -3.95. The molecule has 0 unspecified atom stereocenters. The van der Waals surface area contributed by atoms with Gasteiger partial charge in [-0.3, -0.25) is 4.57 Å². The van der Waals surface area contributed by atoms with Gasteiger partial charge in [-0.05, 0) is 44.0 Å². The molecule has 0 aliphatic rings. The van der Waals surface area contributed by atoms with Crippen molar-refractivity contribution in [3.05, 3.63) is 94.2 Å². The van der Waals surface area contributed by atoms with Crippen LogP contribution in [-0.2, 0) is 24.4 Å². The standard InChI is InChI=1S/C25H28F2N4O4/c1-25(2,3)35-23(32)28-13-20(22(26)27)15-31-24(33)30(17-29-31)14-18-9-11-21(12-10-18)34-16-19-7-5-4-6-8-19/h4-12,17H,13-16H2,1-3H3,(H,28,32). The lowest BCUT2D eigenvalue weighted by atomic mass is 10.2. The number of benzene rings is 2. The highest BCUT2D eigenvalue weighted by atomic mass is 19.3. The number of alkyl carbamates (subject to hydrolysis) is 1. The van der Waals surface area contributed by atoms with Crippen LogP contribution >= 0.6 is 0 Å². The fourth-order valence-corrected chi connectivity index (χ4v) is 3.07. The molecule has 0 aliphatic heterocycles. The Labute approximate surface area is 201 Å². The molecule has 0 aliphatic carbocycles. The van der Waals surface area contributed by atoms with E-state index >= 15 is 0 Å². The van der Waals surface area contributed by atoms with E-state index in [4.69, 9.17) is 9.47 Å². The quantitative estimate of drug-likeness (QED) is 0.486. The van der Waals surface area contributed by atoms with Crippen LogP contribution in [0.4, 0.5) is 13.6 Å². The van der Waals surface area contributed by atoms with E-state index in [1.807, 2.05) is 42.5 Å². The Morgan fingerprint density at radius 2 is 1.71 bits per heavy atom. The Morgan fingerprint density at radius 1 is 1.03 bits per heavy atom. The van der Waals surface area contributed by atoms with Gasteiger partial charge in [-0.25, -0.2) is 14.3 Å². The smallest absolute Gasteiger partial charge is 0.407 e. The summed E-state index contributed by atoms with van der Waals surface area (Å²) in [6.07, 6.45) is -1.53. The second-order valence-electron chi connectivity index (χ2n) is 8.84. The highest BCUT2D eigenvalue weighted by molar-refractivity contribution is 5.68. The first-order valence-electron chi connectivity index (χ1n) is 11.0. The SMILES string of the molecule is CC(C)(C)OC(=O)NCC(Cn1ncn(Cc2ccc(OCc3ccccc3)cc2)c1=O)=C(F)F. The molecule has 10 heteroatoms. The van der Waals surface area contributed by atoms with Gasteiger partial charge in [0.1, 0.15) is 24.3 Å². The maximum Gasteiger partial charge on any atom is 0.407 e. The number of carbonyl (C=O) groups is 1. The summed E-state index contributed by atoms with van der Waals surface area (Å²) in [6, 6.07) is 17.0. The number of amides is 1. The van der Waals surface area contributed by atoms with Crippen LogP contribution in [0.15, 0.2) is 77.4 Å². The third-order valence-electron chi connectivity index (χ3n) is 4.77. The van der Waals surface area contributed by atoms with Gasteiger partial charge in [0.25, 0.3) is 6.08 Å². The van der Waals surface area contributed by atoms with E-state index in [-0.39, 0.29) is 6.54 Å². The fourth-order valence-electron chi connectivity index (χ4n) is 3.07. The summed E-state index contributed by atoms with van der Waals surface area (Å²) in [4.78, 5) is 24.4. The van der Waals surface area contributed by atoms with Crippen molar-refractivity contribution in [3.63, 3.8) is 0 Å². The van der Waals surface area contributed by atoms with Crippen LogP contribution in [-0.4, -0.2) is 32.6 Å². The molecule has 35 heavy (non-hydrogen) atoms. The summed E-state index contributed by atoms with van der Waals surface area (Å²) in [5.41, 5.74) is 0.116. The first-order chi connectivity index (χ1) is 16.6. The third kappa shape index (κ3) is 8.09. The molecule has 0 fully saturated rings. The van der Waals surface area contributed by atoms with Crippen LogP contribution in [0.2, 0.25) is 0 Å². The predicted octanol–water partition coefficient (Wildman–Crippen LogP) is 4.35. The normalized spacial score (nSPS) is 11.1. The lowest BCUT2D eigenvalue weighted by Gasteiger charge is -2.19. The van der Waals surface area contributed by atoms with Gasteiger partial charge >= 0.3 is 11.8 Å². The molecule has 0 saturated heterocycles. The zero-order valence-corrected chi connectivity index (χ0v) is 19.8. The molecule has 1 aromatic heterocycles. The topological polar surface area (TPSA) is 87.4 Å². The maximum absolute atomic E-state index is 13.4. The van der Waals surface area contributed by atoms with E-state index in [0.29, 0.717) is 12.4 Å². The molecular formula is C25H28F2N4O4. The molecule has 0 radical (unpaired) electrons. The van der Waals surface area contributed by atoms with Crippen molar-refractivity contribution in [1.82, 2.24) is 19.7 Å². The molecule has 1 amide bonds. The molecule has 3 rings (SSSR count). The Bertz CT molecular complexity index is 1210. The predicted molar refractivity (Wildman–Crippen MR) is 126 cm³/mol. The summed E-state index contributed by atoms with van der Waals surface area (Å²) in [5.74, 6) is 0.686. The number of aromatic nitrogens is 3. The average Bonchev–Trinajstić information content (AvgIpc) is 3.14. The van der Waals surface area contributed by atoms with Crippen molar-refractivity contribution in [2.24, 2.45) is 0 Å². The third-order valence-corrected chi connectivity index (χ3v) is 4.77. The van der Waals surface area contributed by atoms with E-state index in [1.165, 1.54) is 10.9 Å². The minimum Gasteiger partial charge on any atom is -0.489 e. The van der Waals surface area contributed by atoms with Gasteiger partial charge in [-0.2, -0.15) is 13.9 Å². The van der Waals surface area contributed by atoms with Crippen molar-refractivity contribution >= 4 is 6.09 Å². The number of ether oxygens (including phenoxy) is 2. The number of carbonyl (C=O) groups excluding carboxylic acids is 1. The minimum atomic E-state index is -1.99. The minimum absolute atomic E-state index is 0.213. The number of rotatable bonds is 9. The zero-order valence-electron chi connectivity index (χ0n) is 19.8. The first-order valence-corrected chi connectivity index (χ1v) is 11.0. The van der Waals surface area contributed by atoms with Crippen LogP contribution in [0.3, 0.4) is 0 Å². The van der Waals surface area contributed by atoms with Crippen LogP contribution in [0.5, 0.6) is 5.75 Å². The van der Waals surface area contributed by atoms with Crippen molar-refractivity contribution in [2.75, 3.05) is 6.54 Å². The zero-order chi connectivity index (χ0) is 25.4. The summed E-state index contributed by atoms with van der Waals surface area (Å²) in [7, 11) is 0. The van der Waals surface area contributed by atoms with Gasteiger partial charge in [0.2, 0.25) is 0 Å². The summed E-state index contributed by atoms with van der Waals surface area (Å²) >= 11 is 0. The summed E-state index contributed by atoms with van der Waals surface area (Å²) in [6.45, 7) is 4.71. The lowest BCUT2D eigenvalue weighted by molar-refractivity contribution is 0.0531.